The van der Waals surface area contributed by atoms with Gasteiger partial charge in [-0.3, -0.25) is 9.59 Å². The molecule has 0 spiro atoms. The molecule has 134 valence electrons. The molecule has 0 heterocycles. The van der Waals surface area contributed by atoms with Gasteiger partial charge < -0.3 is 14.8 Å². The van der Waals surface area contributed by atoms with Gasteiger partial charge in [0.2, 0.25) is 0 Å². The van der Waals surface area contributed by atoms with Crippen LogP contribution in [0.1, 0.15) is 32.8 Å². The van der Waals surface area contributed by atoms with Crippen molar-refractivity contribution in [2.24, 2.45) is 5.41 Å². The minimum Gasteiger partial charge on any atom is -0.427 e. The number of hydrogen-bond acceptors (Lipinski definition) is 5. The number of ether oxygens (including phenoxy) is 2. The Morgan fingerprint density at radius 3 is 2.40 bits per heavy atom. The van der Waals surface area contributed by atoms with Crippen molar-refractivity contribution in [2.75, 3.05) is 20.3 Å². The molecule has 0 aromatic heterocycles. The van der Waals surface area contributed by atoms with Crippen LogP contribution in [0.4, 0.5) is 0 Å². The minimum atomic E-state index is -0.458. The standard InChI is InChI=1S/C19H24N2O4/c1-19(2,3)12-17(22)25-16-7-5-14(6-8-16)11-15(13-20)18(23)21-9-10-24-4/h5-8,11H,9-10,12H2,1-4H3,(H,21,23)/b15-11+. The van der Waals surface area contributed by atoms with Crippen LogP contribution in [-0.4, -0.2) is 32.1 Å². The summed E-state index contributed by atoms with van der Waals surface area (Å²) >= 11 is 0. The molecule has 1 aromatic carbocycles. The normalized spacial score (nSPS) is 11.6. The first kappa shape index (κ1) is 20.4. The number of carbonyl (C=O) groups excluding carboxylic acids is 2. The molecule has 25 heavy (non-hydrogen) atoms. The lowest BCUT2D eigenvalue weighted by atomic mass is 9.92. The predicted molar refractivity (Wildman–Crippen MR) is 94.6 cm³/mol. The third-order valence-electron chi connectivity index (χ3n) is 3.05. The molecule has 0 saturated heterocycles. The number of methoxy groups -OCH3 is 1. The number of carbonyl (C=O) groups is 2. The molecule has 0 aliphatic carbocycles. The number of nitrogens with one attached hydrogen (secondary N) is 1. The number of esters is 1. The zero-order valence-corrected chi connectivity index (χ0v) is 15.1. The third-order valence-corrected chi connectivity index (χ3v) is 3.05. The highest BCUT2D eigenvalue weighted by Crippen LogP contribution is 2.21. The first-order valence-corrected chi connectivity index (χ1v) is 7.95. The van der Waals surface area contributed by atoms with E-state index in [1.165, 1.54) is 13.2 Å². The van der Waals surface area contributed by atoms with Gasteiger partial charge in [-0.15, -0.1) is 0 Å². The molecule has 6 heteroatoms. The SMILES string of the molecule is COCCNC(=O)/C(C#N)=C/c1ccc(OC(=O)CC(C)(C)C)cc1. The van der Waals surface area contributed by atoms with E-state index >= 15 is 0 Å². The topological polar surface area (TPSA) is 88.4 Å². The van der Waals surface area contributed by atoms with Crippen LogP contribution in [0.3, 0.4) is 0 Å². The molecule has 0 saturated carbocycles. The number of nitriles is 1. The summed E-state index contributed by atoms with van der Waals surface area (Å²) in [5.74, 6) is -0.333. The zero-order valence-electron chi connectivity index (χ0n) is 15.1. The summed E-state index contributed by atoms with van der Waals surface area (Å²) in [6.45, 7) is 6.59. The molecule has 0 fully saturated rings. The van der Waals surface area contributed by atoms with Crippen LogP contribution in [0.15, 0.2) is 29.8 Å². The van der Waals surface area contributed by atoms with Crippen LogP contribution in [0.2, 0.25) is 0 Å². The molecule has 6 nitrogen and oxygen atoms in total. The van der Waals surface area contributed by atoms with Gasteiger partial charge in [-0.25, -0.2) is 0 Å². The maximum absolute atomic E-state index is 11.9. The molecular formula is C19H24N2O4. The molecule has 0 unspecified atom stereocenters. The second-order valence-electron chi connectivity index (χ2n) is 6.70. The van der Waals surface area contributed by atoms with Crippen molar-refractivity contribution >= 4 is 18.0 Å². The Hall–Kier alpha value is -2.65. The lowest BCUT2D eigenvalue weighted by molar-refractivity contribution is -0.136. The lowest BCUT2D eigenvalue weighted by Crippen LogP contribution is -2.27. The molecule has 1 N–H and O–H groups in total. The summed E-state index contributed by atoms with van der Waals surface area (Å²) in [6, 6.07) is 8.49. The average molecular weight is 344 g/mol. The second kappa shape index (κ2) is 9.60. The van der Waals surface area contributed by atoms with Crippen molar-refractivity contribution in [3.63, 3.8) is 0 Å². The van der Waals surface area contributed by atoms with Gasteiger partial charge in [0.25, 0.3) is 5.91 Å². The highest BCUT2D eigenvalue weighted by molar-refractivity contribution is 6.01. The largest absolute Gasteiger partial charge is 0.427 e. The van der Waals surface area contributed by atoms with Gasteiger partial charge in [-0.1, -0.05) is 32.9 Å². The average Bonchev–Trinajstić information content (AvgIpc) is 2.52. The molecule has 0 bridgehead atoms. The van der Waals surface area contributed by atoms with E-state index in [0.29, 0.717) is 30.9 Å². The number of hydrogen-bond donors (Lipinski definition) is 1. The van der Waals surface area contributed by atoms with Gasteiger partial charge in [0.1, 0.15) is 17.4 Å². The molecule has 1 amide bonds. The summed E-state index contributed by atoms with van der Waals surface area (Å²) < 4.78 is 10.1. The summed E-state index contributed by atoms with van der Waals surface area (Å²) in [5, 5.41) is 11.7. The molecule has 1 aromatic rings. The predicted octanol–water partition coefficient (Wildman–Crippen LogP) is 2.70. The van der Waals surface area contributed by atoms with Gasteiger partial charge in [0.05, 0.1) is 13.0 Å². The zero-order chi connectivity index (χ0) is 18.9. The van der Waals surface area contributed by atoms with E-state index in [1.54, 1.807) is 24.3 Å². The van der Waals surface area contributed by atoms with Crippen molar-refractivity contribution < 1.29 is 19.1 Å². The van der Waals surface area contributed by atoms with E-state index in [9.17, 15) is 9.59 Å². The van der Waals surface area contributed by atoms with Crippen LogP contribution >= 0.6 is 0 Å². The summed E-state index contributed by atoms with van der Waals surface area (Å²) in [7, 11) is 1.53. The Kier molecular flexibility index (Phi) is 7.83. The second-order valence-corrected chi connectivity index (χ2v) is 6.70. The monoisotopic (exact) mass is 344 g/mol. The Morgan fingerprint density at radius 1 is 1.24 bits per heavy atom. The van der Waals surface area contributed by atoms with E-state index in [0.717, 1.165) is 0 Å². The van der Waals surface area contributed by atoms with Crippen molar-refractivity contribution in [1.29, 1.82) is 5.26 Å². The van der Waals surface area contributed by atoms with Gasteiger partial charge in [-0.2, -0.15) is 5.26 Å². The van der Waals surface area contributed by atoms with Gasteiger partial charge in [0.15, 0.2) is 0 Å². The number of rotatable bonds is 7. The van der Waals surface area contributed by atoms with E-state index in [-0.39, 0.29) is 17.0 Å². The number of amides is 1. The quantitative estimate of drug-likeness (QED) is 0.270. The fraction of sp³-hybridized carbons (Fsp3) is 0.421. The Morgan fingerprint density at radius 2 is 1.88 bits per heavy atom. The molecule has 0 atom stereocenters. The van der Waals surface area contributed by atoms with Crippen LogP contribution < -0.4 is 10.1 Å². The Labute approximate surface area is 148 Å². The van der Waals surface area contributed by atoms with Crippen molar-refractivity contribution in [3.05, 3.63) is 35.4 Å². The molecule has 1 rings (SSSR count). The molecule has 0 radical (unpaired) electrons. The van der Waals surface area contributed by atoms with Crippen molar-refractivity contribution in [1.82, 2.24) is 5.32 Å². The van der Waals surface area contributed by atoms with Crippen LogP contribution in [-0.2, 0) is 14.3 Å². The van der Waals surface area contributed by atoms with E-state index in [2.05, 4.69) is 5.32 Å². The fourth-order valence-corrected chi connectivity index (χ4v) is 1.91. The lowest BCUT2D eigenvalue weighted by Gasteiger charge is -2.16. The first-order chi connectivity index (χ1) is 11.7. The van der Waals surface area contributed by atoms with Gasteiger partial charge >= 0.3 is 5.97 Å². The van der Waals surface area contributed by atoms with Gasteiger partial charge in [-0.05, 0) is 29.2 Å². The summed E-state index contributed by atoms with van der Waals surface area (Å²) in [6.07, 6.45) is 1.79. The van der Waals surface area contributed by atoms with Crippen molar-refractivity contribution in [2.45, 2.75) is 27.2 Å². The summed E-state index contributed by atoms with van der Waals surface area (Å²) in [5.41, 5.74) is 0.514. The maximum Gasteiger partial charge on any atom is 0.311 e. The number of nitrogens with zero attached hydrogens (tertiary/aromatic N) is 1. The van der Waals surface area contributed by atoms with Crippen LogP contribution in [0.25, 0.3) is 6.08 Å². The van der Waals surface area contributed by atoms with E-state index in [4.69, 9.17) is 14.7 Å². The maximum atomic E-state index is 11.9. The minimum absolute atomic E-state index is 0.00594. The highest BCUT2D eigenvalue weighted by Gasteiger charge is 2.17. The number of benzene rings is 1. The van der Waals surface area contributed by atoms with Crippen LogP contribution in [0.5, 0.6) is 5.75 Å². The Bertz CT molecular complexity index is 664. The Balaban J connectivity index is 2.72. The molecule has 0 aliphatic rings. The molecule has 0 aliphatic heterocycles. The molecular weight excluding hydrogens is 320 g/mol. The van der Waals surface area contributed by atoms with E-state index < -0.39 is 5.91 Å². The fourth-order valence-electron chi connectivity index (χ4n) is 1.91. The first-order valence-electron chi connectivity index (χ1n) is 7.95. The van der Waals surface area contributed by atoms with Crippen molar-refractivity contribution in [3.8, 4) is 11.8 Å². The third kappa shape index (κ3) is 8.13. The van der Waals surface area contributed by atoms with E-state index in [1.807, 2.05) is 26.8 Å². The van der Waals surface area contributed by atoms with Crippen LogP contribution in [0, 0.1) is 16.7 Å². The summed E-state index contributed by atoms with van der Waals surface area (Å²) in [4.78, 5) is 23.7. The smallest absolute Gasteiger partial charge is 0.311 e. The van der Waals surface area contributed by atoms with Gasteiger partial charge in [0, 0.05) is 13.7 Å². The highest BCUT2D eigenvalue weighted by atomic mass is 16.5.